The van der Waals surface area contributed by atoms with Crippen LogP contribution in [0, 0.1) is 5.92 Å². The molecule has 0 radical (unpaired) electrons. The van der Waals surface area contributed by atoms with Crippen LogP contribution in [0.1, 0.15) is 29.8 Å². The molecule has 3 amide bonds. The Morgan fingerprint density at radius 2 is 1.64 bits per heavy atom. The van der Waals surface area contributed by atoms with Crippen LogP contribution in [0.3, 0.4) is 0 Å². The van der Waals surface area contributed by atoms with Crippen LogP contribution in [-0.2, 0) is 11.0 Å². The first-order chi connectivity index (χ1) is 18.5. The van der Waals surface area contributed by atoms with Gasteiger partial charge in [-0.1, -0.05) is 26.0 Å². The van der Waals surface area contributed by atoms with Crippen molar-refractivity contribution in [3.05, 3.63) is 71.9 Å². The van der Waals surface area contributed by atoms with Gasteiger partial charge in [-0.2, -0.15) is 22.8 Å². The summed E-state index contributed by atoms with van der Waals surface area (Å²) in [6.07, 6.45) is -3.29. The number of rotatable bonds is 7. The van der Waals surface area contributed by atoms with Crippen molar-refractivity contribution >= 4 is 34.9 Å². The van der Waals surface area contributed by atoms with Crippen molar-refractivity contribution in [3.63, 3.8) is 0 Å². The molecule has 0 spiro atoms. The maximum atomic E-state index is 13.2. The van der Waals surface area contributed by atoms with Gasteiger partial charge >= 0.3 is 18.2 Å². The Balaban J connectivity index is 1.51. The first-order valence-electron chi connectivity index (χ1n) is 11.5. The number of nitrogens with zero attached hydrogens (tertiary/aromatic N) is 4. The molecule has 0 unspecified atom stereocenters. The number of alkyl halides is 3. The Kier molecular flexibility index (Phi) is 7.47. The largest absolute Gasteiger partial charge is 0.480 e. The lowest BCUT2D eigenvalue weighted by molar-refractivity contribution is -0.140. The second-order valence-electron chi connectivity index (χ2n) is 8.74. The number of halogens is 3. The number of carbonyl (C=O) groups is 3. The minimum absolute atomic E-state index is 0.0738. The van der Waals surface area contributed by atoms with Crippen LogP contribution < -0.4 is 16.0 Å². The summed E-state index contributed by atoms with van der Waals surface area (Å²) in [5, 5.41) is 28.8. The zero-order chi connectivity index (χ0) is 28.3. The Labute approximate surface area is 219 Å². The number of hydrogen-bond donors (Lipinski definition) is 4. The quantitative estimate of drug-likeness (QED) is 0.272. The van der Waals surface area contributed by atoms with E-state index in [9.17, 15) is 32.7 Å². The lowest BCUT2D eigenvalue weighted by Crippen LogP contribution is -2.44. The zero-order valence-electron chi connectivity index (χ0n) is 20.5. The number of hydrogen-bond acceptors (Lipinski definition) is 6. The van der Waals surface area contributed by atoms with E-state index in [0.29, 0.717) is 5.56 Å². The van der Waals surface area contributed by atoms with Crippen LogP contribution in [0.15, 0.2) is 60.8 Å². The smallest absolute Gasteiger partial charge is 0.418 e. The van der Waals surface area contributed by atoms with Gasteiger partial charge < -0.3 is 21.1 Å². The van der Waals surface area contributed by atoms with E-state index in [1.165, 1.54) is 41.0 Å². The fourth-order valence-corrected chi connectivity index (χ4v) is 3.72. The molecule has 1 atom stereocenters. The van der Waals surface area contributed by atoms with Crippen molar-refractivity contribution in [2.24, 2.45) is 5.92 Å². The molecule has 4 N–H and O–H groups in total. The highest BCUT2D eigenvalue weighted by Crippen LogP contribution is 2.34. The zero-order valence-corrected chi connectivity index (χ0v) is 20.5. The molecule has 14 heteroatoms. The predicted octanol–water partition coefficient (Wildman–Crippen LogP) is 4.29. The van der Waals surface area contributed by atoms with E-state index in [-0.39, 0.29) is 34.3 Å². The van der Waals surface area contributed by atoms with Gasteiger partial charge in [-0.15, -0.1) is 10.2 Å². The molecule has 202 valence electrons. The molecule has 0 aliphatic carbocycles. The summed E-state index contributed by atoms with van der Waals surface area (Å²) in [7, 11) is 0. The molecule has 0 aliphatic rings. The van der Waals surface area contributed by atoms with Crippen molar-refractivity contribution in [2.45, 2.75) is 26.1 Å². The van der Waals surface area contributed by atoms with E-state index in [0.717, 1.165) is 12.1 Å². The van der Waals surface area contributed by atoms with Gasteiger partial charge in [0.2, 0.25) is 0 Å². The fraction of sp³-hybridized carbons (Fsp3) is 0.200. The third-order valence-corrected chi connectivity index (χ3v) is 5.65. The summed E-state index contributed by atoms with van der Waals surface area (Å²) in [6, 6.07) is 10.2. The van der Waals surface area contributed by atoms with Crippen LogP contribution >= 0.6 is 0 Å². The molecule has 39 heavy (non-hydrogen) atoms. The molecule has 2 aromatic heterocycles. The van der Waals surface area contributed by atoms with Gasteiger partial charge in [0.1, 0.15) is 6.04 Å². The number of anilines is 2. The number of para-hydroxylation sites is 1. The average molecular weight is 541 g/mol. The molecule has 0 saturated carbocycles. The summed E-state index contributed by atoms with van der Waals surface area (Å²) in [5.41, 5.74) is -0.393. The van der Waals surface area contributed by atoms with Gasteiger partial charge in [0.15, 0.2) is 11.5 Å². The molecule has 11 nitrogen and oxygen atoms in total. The normalized spacial score (nSPS) is 12.3. The Hall–Kier alpha value is -5.01. The minimum atomic E-state index is -4.63. The number of carboxylic acid groups (broad SMARTS) is 1. The van der Waals surface area contributed by atoms with E-state index < -0.39 is 35.7 Å². The summed E-state index contributed by atoms with van der Waals surface area (Å²) < 4.78 is 40.8. The molecule has 4 rings (SSSR count). The van der Waals surface area contributed by atoms with E-state index in [1.54, 1.807) is 26.0 Å². The van der Waals surface area contributed by atoms with Crippen molar-refractivity contribution in [1.29, 1.82) is 0 Å². The lowest BCUT2D eigenvalue weighted by atomic mass is 10.0. The first kappa shape index (κ1) is 27.0. The van der Waals surface area contributed by atoms with E-state index in [1.807, 2.05) is 0 Å². The number of fused-ring (bicyclic) bond motifs is 1. The maximum Gasteiger partial charge on any atom is 0.418 e. The van der Waals surface area contributed by atoms with Crippen LogP contribution in [-0.4, -0.2) is 48.9 Å². The van der Waals surface area contributed by atoms with Crippen molar-refractivity contribution in [1.82, 2.24) is 25.1 Å². The number of aromatic nitrogens is 4. The third kappa shape index (κ3) is 5.95. The first-order valence-corrected chi connectivity index (χ1v) is 11.5. The van der Waals surface area contributed by atoms with Gasteiger partial charge in [-0.25, -0.2) is 9.59 Å². The van der Waals surface area contributed by atoms with Gasteiger partial charge in [0, 0.05) is 17.4 Å². The summed E-state index contributed by atoms with van der Waals surface area (Å²) in [4.78, 5) is 36.6. The molecule has 0 aliphatic heterocycles. The predicted molar refractivity (Wildman–Crippen MR) is 134 cm³/mol. The Bertz CT molecular complexity index is 1530. The van der Waals surface area contributed by atoms with Crippen molar-refractivity contribution in [3.8, 4) is 11.4 Å². The third-order valence-electron chi connectivity index (χ3n) is 5.65. The van der Waals surface area contributed by atoms with Crippen LogP contribution in [0.25, 0.3) is 17.0 Å². The molecule has 2 heterocycles. The van der Waals surface area contributed by atoms with Gasteiger partial charge in [0.25, 0.3) is 5.91 Å². The number of nitrogens with one attached hydrogen (secondary N) is 3. The number of aliphatic carboxylic acids is 1. The Morgan fingerprint density at radius 3 is 2.28 bits per heavy atom. The highest BCUT2D eigenvalue weighted by molar-refractivity contribution is 6.02. The summed E-state index contributed by atoms with van der Waals surface area (Å²) >= 11 is 0. The molecule has 0 saturated heterocycles. The van der Waals surface area contributed by atoms with Crippen LogP contribution in [0.2, 0.25) is 0 Å². The highest BCUT2D eigenvalue weighted by Gasteiger charge is 2.33. The standard InChI is InChI=1S/C25H22F3N7O4/c1-13(2)19(23(37)38)32-22(36)16-11-12-29-35-20(33-34-21(16)35)14-7-9-15(10-8-14)30-24(39)31-18-6-4-3-5-17(18)25(26,27)28/h3-13,19H,1-2H3,(H,32,36)(H,37,38)(H2,30,31,39)/t19-/m0/s1. The highest BCUT2D eigenvalue weighted by atomic mass is 19.4. The maximum absolute atomic E-state index is 13.2. The summed E-state index contributed by atoms with van der Waals surface area (Å²) in [5.74, 6) is -1.92. The number of carbonyl (C=O) groups excluding carboxylic acids is 2. The van der Waals surface area contributed by atoms with Crippen molar-refractivity contribution < 1.29 is 32.7 Å². The second-order valence-corrected chi connectivity index (χ2v) is 8.74. The monoisotopic (exact) mass is 541 g/mol. The molecule has 0 fully saturated rings. The molecular weight excluding hydrogens is 519 g/mol. The van der Waals surface area contributed by atoms with Gasteiger partial charge in [-0.05, 0) is 48.4 Å². The number of urea groups is 1. The lowest BCUT2D eigenvalue weighted by Gasteiger charge is -2.17. The van der Waals surface area contributed by atoms with Gasteiger partial charge in [-0.3, -0.25) is 4.79 Å². The van der Waals surface area contributed by atoms with Crippen LogP contribution in [0.5, 0.6) is 0 Å². The molecule has 0 bridgehead atoms. The number of carboxylic acids is 1. The minimum Gasteiger partial charge on any atom is -0.480 e. The molecule has 4 aromatic rings. The topological polar surface area (TPSA) is 151 Å². The average Bonchev–Trinajstić information content (AvgIpc) is 3.31. The van der Waals surface area contributed by atoms with E-state index in [2.05, 4.69) is 31.2 Å². The summed E-state index contributed by atoms with van der Waals surface area (Å²) in [6.45, 7) is 3.33. The SMILES string of the molecule is CC(C)[C@H](NC(=O)c1ccnn2c(-c3ccc(NC(=O)Nc4ccccc4C(F)(F)F)cc3)nnc12)C(=O)O. The fourth-order valence-electron chi connectivity index (χ4n) is 3.72. The van der Waals surface area contributed by atoms with Crippen LogP contribution in [0.4, 0.5) is 29.3 Å². The van der Waals surface area contributed by atoms with Crippen molar-refractivity contribution in [2.75, 3.05) is 10.6 Å². The van der Waals surface area contributed by atoms with Gasteiger partial charge in [0.05, 0.1) is 16.8 Å². The van der Waals surface area contributed by atoms with E-state index >= 15 is 0 Å². The molecule has 2 aromatic carbocycles. The number of benzene rings is 2. The van der Waals surface area contributed by atoms with E-state index in [4.69, 9.17) is 0 Å². The molecular formula is C25H22F3N7O4. The number of amides is 3. The second kappa shape index (κ2) is 10.8. The Morgan fingerprint density at radius 1 is 0.949 bits per heavy atom.